The number of nitrogens with one attached hydrogen (secondary N) is 2. The second-order valence-corrected chi connectivity index (χ2v) is 8.89. The second-order valence-electron chi connectivity index (χ2n) is 6.71. The lowest BCUT2D eigenvalue weighted by Gasteiger charge is -2.11. The summed E-state index contributed by atoms with van der Waals surface area (Å²) in [4.78, 5) is 4.58. The van der Waals surface area contributed by atoms with Crippen molar-refractivity contribution in [2.75, 3.05) is 25.4 Å². The van der Waals surface area contributed by atoms with Crippen LogP contribution in [-0.2, 0) is 22.0 Å². The third-order valence-corrected chi connectivity index (χ3v) is 5.92. The van der Waals surface area contributed by atoms with Crippen LogP contribution in [0.2, 0.25) is 0 Å². The molecule has 0 radical (unpaired) electrons. The van der Waals surface area contributed by atoms with E-state index >= 15 is 0 Å². The van der Waals surface area contributed by atoms with Crippen molar-refractivity contribution in [3.05, 3.63) is 71.8 Å². The average molecular weight is 402 g/mol. The molecule has 152 valence electrons. The van der Waals surface area contributed by atoms with Crippen LogP contribution >= 0.6 is 0 Å². The Labute approximate surface area is 169 Å². The Morgan fingerprint density at radius 3 is 2.18 bits per heavy atom. The van der Waals surface area contributed by atoms with Crippen LogP contribution < -0.4 is 10.6 Å². The smallest absolute Gasteiger partial charge is 0.191 e. The van der Waals surface area contributed by atoms with Gasteiger partial charge in [0.25, 0.3) is 0 Å². The van der Waals surface area contributed by atoms with Gasteiger partial charge in [-0.2, -0.15) is 0 Å². The maximum atomic E-state index is 12.2. The number of aliphatic imine (C=N–C) groups is 1. The highest BCUT2D eigenvalue weighted by atomic mass is 32.2. The van der Waals surface area contributed by atoms with Gasteiger partial charge >= 0.3 is 0 Å². The monoisotopic (exact) mass is 401 g/mol. The van der Waals surface area contributed by atoms with Crippen LogP contribution in [0.15, 0.2) is 65.7 Å². The first kappa shape index (κ1) is 22.0. The molecule has 0 heterocycles. The zero-order valence-corrected chi connectivity index (χ0v) is 17.4. The van der Waals surface area contributed by atoms with E-state index in [1.807, 2.05) is 43.3 Å². The zero-order chi connectivity index (χ0) is 20.1. The Bertz CT molecular complexity index is 806. The summed E-state index contributed by atoms with van der Waals surface area (Å²) in [5.41, 5.74) is 2.16. The number of rotatable bonds is 11. The number of guanidine groups is 1. The van der Waals surface area contributed by atoms with Crippen molar-refractivity contribution in [3.8, 4) is 0 Å². The SMILES string of the molecule is CCNC(=NCCCc1ccccc1)NCCCS(=O)(=O)Cc1ccccc1. The van der Waals surface area contributed by atoms with E-state index in [-0.39, 0.29) is 11.5 Å². The number of benzene rings is 2. The highest BCUT2D eigenvalue weighted by Gasteiger charge is 2.11. The quantitative estimate of drug-likeness (QED) is 0.345. The summed E-state index contributed by atoms with van der Waals surface area (Å²) in [5, 5.41) is 6.44. The summed E-state index contributed by atoms with van der Waals surface area (Å²) >= 11 is 0. The normalized spacial score (nSPS) is 12.0. The Kier molecular flexibility index (Phi) is 9.55. The van der Waals surface area contributed by atoms with E-state index in [2.05, 4.69) is 39.9 Å². The summed E-state index contributed by atoms with van der Waals surface area (Å²) in [6.07, 6.45) is 2.54. The molecule has 0 fully saturated rings. The van der Waals surface area contributed by atoms with Gasteiger partial charge in [-0.15, -0.1) is 0 Å². The fraction of sp³-hybridized carbons (Fsp3) is 0.409. The topological polar surface area (TPSA) is 70.6 Å². The molecule has 2 rings (SSSR count). The lowest BCUT2D eigenvalue weighted by molar-refractivity contribution is 0.591. The van der Waals surface area contributed by atoms with Crippen molar-refractivity contribution in [1.82, 2.24) is 10.6 Å². The van der Waals surface area contributed by atoms with Gasteiger partial charge in [-0.05, 0) is 37.3 Å². The van der Waals surface area contributed by atoms with Crippen LogP contribution in [0, 0.1) is 0 Å². The Morgan fingerprint density at radius 2 is 1.54 bits per heavy atom. The zero-order valence-electron chi connectivity index (χ0n) is 16.6. The standard InChI is InChI=1S/C22H31N3O2S/c1-2-23-22(24-16-9-15-20-11-5-3-6-12-20)25-17-10-18-28(26,27)19-21-13-7-4-8-14-21/h3-8,11-14H,2,9-10,15-19H2,1H3,(H2,23,24,25). The van der Waals surface area contributed by atoms with Crippen LogP contribution in [0.1, 0.15) is 30.9 Å². The molecule has 0 unspecified atom stereocenters. The van der Waals surface area contributed by atoms with E-state index < -0.39 is 9.84 Å². The number of hydrogen-bond donors (Lipinski definition) is 2. The van der Waals surface area contributed by atoms with Crippen molar-refractivity contribution in [2.24, 2.45) is 4.99 Å². The molecular formula is C22H31N3O2S. The number of nitrogens with zero attached hydrogens (tertiary/aromatic N) is 1. The van der Waals surface area contributed by atoms with Crippen molar-refractivity contribution in [2.45, 2.75) is 31.9 Å². The third kappa shape index (κ3) is 9.04. The molecule has 0 aromatic heterocycles. The maximum Gasteiger partial charge on any atom is 0.191 e. The number of sulfone groups is 1. The molecule has 5 nitrogen and oxygen atoms in total. The average Bonchev–Trinajstić information content (AvgIpc) is 2.69. The minimum absolute atomic E-state index is 0.0987. The first-order valence-electron chi connectivity index (χ1n) is 9.89. The highest BCUT2D eigenvalue weighted by molar-refractivity contribution is 7.90. The van der Waals surface area contributed by atoms with Crippen LogP contribution in [0.5, 0.6) is 0 Å². The lowest BCUT2D eigenvalue weighted by Crippen LogP contribution is -2.38. The highest BCUT2D eigenvalue weighted by Crippen LogP contribution is 2.07. The molecule has 0 bridgehead atoms. The van der Waals surface area contributed by atoms with E-state index in [0.29, 0.717) is 13.0 Å². The molecule has 6 heteroatoms. The van der Waals surface area contributed by atoms with Crippen LogP contribution in [0.4, 0.5) is 0 Å². The third-order valence-electron chi connectivity index (χ3n) is 4.23. The van der Waals surface area contributed by atoms with Crippen molar-refractivity contribution < 1.29 is 8.42 Å². The molecule has 2 aromatic rings. The first-order chi connectivity index (χ1) is 13.6. The van der Waals surface area contributed by atoms with Crippen molar-refractivity contribution in [3.63, 3.8) is 0 Å². The fourth-order valence-corrected chi connectivity index (χ4v) is 4.29. The predicted octanol–water partition coefficient (Wildman–Crippen LogP) is 3.18. The van der Waals surface area contributed by atoms with Crippen molar-refractivity contribution >= 4 is 15.8 Å². The molecule has 0 aliphatic heterocycles. The Morgan fingerprint density at radius 1 is 0.893 bits per heavy atom. The summed E-state index contributed by atoms with van der Waals surface area (Å²) in [6.45, 7) is 4.11. The molecule has 0 amide bonds. The predicted molar refractivity (Wildman–Crippen MR) is 117 cm³/mol. The molecule has 0 aliphatic rings. The van der Waals surface area contributed by atoms with Crippen LogP contribution in [-0.4, -0.2) is 39.8 Å². The van der Waals surface area contributed by atoms with Gasteiger partial charge < -0.3 is 10.6 Å². The fourth-order valence-electron chi connectivity index (χ4n) is 2.86. The molecule has 0 atom stereocenters. The largest absolute Gasteiger partial charge is 0.357 e. The van der Waals surface area contributed by atoms with Gasteiger partial charge in [0, 0.05) is 19.6 Å². The van der Waals surface area contributed by atoms with Crippen LogP contribution in [0.3, 0.4) is 0 Å². The van der Waals surface area contributed by atoms with Crippen LogP contribution in [0.25, 0.3) is 0 Å². The molecule has 0 spiro atoms. The van der Waals surface area contributed by atoms with Gasteiger partial charge in [-0.1, -0.05) is 60.7 Å². The van der Waals surface area contributed by atoms with Gasteiger partial charge in [0.05, 0.1) is 11.5 Å². The van der Waals surface area contributed by atoms with Gasteiger partial charge in [0.1, 0.15) is 0 Å². The van der Waals surface area contributed by atoms with Gasteiger partial charge in [-0.3, -0.25) is 4.99 Å². The summed E-state index contributed by atoms with van der Waals surface area (Å²) in [7, 11) is -3.10. The second kappa shape index (κ2) is 12.2. The molecule has 2 N–H and O–H groups in total. The van der Waals surface area contributed by atoms with E-state index in [1.165, 1.54) is 5.56 Å². The van der Waals surface area contributed by atoms with E-state index in [0.717, 1.165) is 37.5 Å². The Balaban J connectivity index is 1.70. The molecule has 0 saturated heterocycles. The van der Waals surface area contributed by atoms with E-state index in [1.54, 1.807) is 0 Å². The molecular weight excluding hydrogens is 370 g/mol. The molecule has 0 aliphatic carbocycles. The maximum absolute atomic E-state index is 12.2. The first-order valence-corrected chi connectivity index (χ1v) is 11.7. The molecule has 2 aromatic carbocycles. The summed E-state index contributed by atoms with van der Waals surface area (Å²) < 4.78 is 24.5. The van der Waals surface area contributed by atoms with Crippen molar-refractivity contribution in [1.29, 1.82) is 0 Å². The Hall–Kier alpha value is -2.34. The lowest BCUT2D eigenvalue weighted by atomic mass is 10.1. The minimum Gasteiger partial charge on any atom is -0.357 e. The minimum atomic E-state index is -3.10. The summed E-state index contributed by atoms with van der Waals surface area (Å²) in [5.74, 6) is 1.01. The van der Waals surface area contributed by atoms with E-state index in [9.17, 15) is 8.42 Å². The van der Waals surface area contributed by atoms with Gasteiger partial charge in [0.2, 0.25) is 0 Å². The van der Waals surface area contributed by atoms with Gasteiger partial charge in [0.15, 0.2) is 15.8 Å². The van der Waals surface area contributed by atoms with Gasteiger partial charge in [-0.25, -0.2) is 8.42 Å². The number of aryl methyl sites for hydroxylation is 1. The molecule has 28 heavy (non-hydrogen) atoms. The summed E-state index contributed by atoms with van der Waals surface area (Å²) in [6, 6.07) is 19.7. The number of hydrogen-bond acceptors (Lipinski definition) is 3. The van der Waals surface area contributed by atoms with E-state index in [4.69, 9.17) is 0 Å². The molecule has 0 saturated carbocycles.